The molecule has 0 aliphatic carbocycles. The van der Waals surface area contributed by atoms with Crippen molar-refractivity contribution >= 4 is 11.8 Å². The van der Waals surface area contributed by atoms with E-state index in [1.165, 1.54) is 0 Å². The summed E-state index contributed by atoms with van der Waals surface area (Å²) in [6.07, 6.45) is -3.66. The first kappa shape index (κ1) is 15.5. The number of halogens is 4. The molecular formula is C11H16F4N4. The second kappa shape index (κ2) is 7.10. The van der Waals surface area contributed by atoms with Gasteiger partial charge in [0.2, 0.25) is 5.95 Å². The molecule has 0 spiro atoms. The Morgan fingerprint density at radius 2 is 1.95 bits per heavy atom. The summed E-state index contributed by atoms with van der Waals surface area (Å²) in [6, 6.07) is 0. The standard InChI is InChI=1S/C11H16F4N4/c1-2-16-10-18-7-8(12)9(19-10)17-6-4-3-5-11(13,14)15/h7H,2-6H2,1H3,(H2,16,17,18,19). The lowest BCUT2D eigenvalue weighted by atomic mass is 10.2. The fourth-order valence-corrected chi connectivity index (χ4v) is 1.39. The zero-order valence-electron chi connectivity index (χ0n) is 10.5. The van der Waals surface area contributed by atoms with Crippen molar-refractivity contribution in [2.24, 2.45) is 0 Å². The summed E-state index contributed by atoms with van der Waals surface area (Å²) >= 11 is 0. The van der Waals surface area contributed by atoms with Gasteiger partial charge in [0.1, 0.15) is 0 Å². The molecule has 0 saturated carbocycles. The first-order chi connectivity index (χ1) is 8.92. The summed E-state index contributed by atoms with van der Waals surface area (Å²) < 4.78 is 49.0. The maximum atomic E-state index is 13.3. The van der Waals surface area contributed by atoms with Crippen LogP contribution in [0.2, 0.25) is 0 Å². The van der Waals surface area contributed by atoms with Gasteiger partial charge in [-0.3, -0.25) is 0 Å². The number of aromatic nitrogens is 2. The van der Waals surface area contributed by atoms with E-state index in [4.69, 9.17) is 0 Å². The van der Waals surface area contributed by atoms with Crippen LogP contribution in [0.3, 0.4) is 0 Å². The third-order valence-corrected chi connectivity index (χ3v) is 2.26. The van der Waals surface area contributed by atoms with E-state index in [-0.39, 0.29) is 24.7 Å². The Morgan fingerprint density at radius 3 is 2.58 bits per heavy atom. The molecular weight excluding hydrogens is 264 g/mol. The largest absolute Gasteiger partial charge is 0.389 e. The molecule has 1 aromatic heterocycles. The Bertz CT molecular complexity index is 395. The van der Waals surface area contributed by atoms with E-state index < -0.39 is 18.4 Å². The van der Waals surface area contributed by atoms with Crippen LogP contribution in [0.1, 0.15) is 26.2 Å². The van der Waals surface area contributed by atoms with Gasteiger partial charge in [0.05, 0.1) is 6.20 Å². The van der Waals surface area contributed by atoms with Crippen molar-refractivity contribution in [3.05, 3.63) is 12.0 Å². The van der Waals surface area contributed by atoms with Crippen molar-refractivity contribution in [1.82, 2.24) is 9.97 Å². The third kappa shape index (κ3) is 6.21. The second-order valence-electron chi connectivity index (χ2n) is 3.92. The van der Waals surface area contributed by atoms with Gasteiger partial charge in [-0.25, -0.2) is 9.37 Å². The average Bonchev–Trinajstić information content (AvgIpc) is 2.31. The minimum atomic E-state index is -4.14. The van der Waals surface area contributed by atoms with E-state index in [0.29, 0.717) is 13.0 Å². The van der Waals surface area contributed by atoms with Crippen LogP contribution in [0.4, 0.5) is 29.3 Å². The Labute approximate surface area is 108 Å². The maximum Gasteiger partial charge on any atom is 0.389 e. The molecule has 1 aromatic rings. The third-order valence-electron chi connectivity index (χ3n) is 2.26. The summed E-state index contributed by atoms with van der Waals surface area (Å²) in [7, 11) is 0. The highest BCUT2D eigenvalue weighted by Gasteiger charge is 2.25. The van der Waals surface area contributed by atoms with Crippen molar-refractivity contribution in [2.75, 3.05) is 23.7 Å². The monoisotopic (exact) mass is 280 g/mol. The number of nitrogens with one attached hydrogen (secondary N) is 2. The highest BCUT2D eigenvalue weighted by atomic mass is 19.4. The lowest BCUT2D eigenvalue weighted by Gasteiger charge is -2.09. The molecule has 1 heterocycles. The van der Waals surface area contributed by atoms with Crippen LogP contribution in [-0.2, 0) is 0 Å². The first-order valence-electron chi connectivity index (χ1n) is 5.99. The molecule has 0 atom stereocenters. The molecule has 0 aliphatic heterocycles. The summed E-state index contributed by atoms with van der Waals surface area (Å²) in [4.78, 5) is 7.60. The number of alkyl halides is 3. The molecule has 0 amide bonds. The smallest absolute Gasteiger partial charge is 0.367 e. The molecule has 4 nitrogen and oxygen atoms in total. The van der Waals surface area contributed by atoms with Gasteiger partial charge in [0, 0.05) is 19.5 Å². The summed E-state index contributed by atoms with van der Waals surface area (Å²) in [6.45, 7) is 2.67. The van der Waals surface area contributed by atoms with Crippen LogP contribution >= 0.6 is 0 Å². The molecule has 0 saturated heterocycles. The molecule has 1 rings (SSSR count). The SMILES string of the molecule is CCNc1ncc(F)c(NCCCCC(F)(F)F)n1. The number of hydrogen-bond donors (Lipinski definition) is 2. The van der Waals surface area contributed by atoms with E-state index in [9.17, 15) is 17.6 Å². The topological polar surface area (TPSA) is 49.8 Å². The van der Waals surface area contributed by atoms with E-state index in [1.54, 1.807) is 0 Å². The zero-order valence-corrected chi connectivity index (χ0v) is 10.5. The summed E-state index contributed by atoms with van der Waals surface area (Å²) in [5.41, 5.74) is 0. The number of anilines is 2. The lowest BCUT2D eigenvalue weighted by Crippen LogP contribution is -2.11. The van der Waals surface area contributed by atoms with Gasteiger partial charge in [-0.2, -0.15) is 18.2 Å². The lowest BCUT2D eigenvalue weighted by molar-refractivity contribution is -0.135. The molecule has 0 radical (unpaired) electrons. The highest BCUT2D eigenvalue weighted by molar-refractivity contribution is 5.40. The Kier molecular flexibility index (Phi) is 5.78. The first-order valence-corrected chi connectivity index (χ1v) is 5.99. The van der Waals surface area contributed by atoms with Crippen LogP contribution in [0.5, 0.6) is 0 Å². The number of hydrogen-bond acceptors (Lipinski definition) is 4. The minimum Gasteiger partial charge on any atom is -0.367 e. The summed E-state index contributed by atoms with van der Waals surface area (Å²) in [5.74, 6) is -0.350. The molecule has 0 aliphatic rings. The van der Waals surface area contributed by atoms with Gasteiger partial charge in [0.15, 0.2) is 11.6 Å². The Balaban J connectivity index is 2.38. The van der Waals surface area contributed by atoms with Crippen molar-refractivity contribution < 1.29 is 17.6 Å². The van der Waals surface area contributed by atoms with Crippen molar-refractivity contribution in [1.29, 1.82) is 0 Å². The minimum absolute atomic E-state index is 0.00189. The van der Waals surface area contributed by atoms with E-state index in [0.717, 1.165) is 6.20 Å². The predicted octanol–water partition coefficient (Wildman–Crippen LogP) is 3.19. The molecule has 108 valence electrons. The van der Waals surface area contributed by atoms with Gasteiger partial charge in [0.25, 0.3) is 0 Å². The van der Waals surface area contributed by atoms with Gasteiger partial charge in [-0.05, 0) is 19.8 Å². The van der Waals surface area contributed by atoms with E-state index in [1.807, 2.05) is 6.92 Å². The van der Waals surface area contributed by atoms with Gasteiger partial charge >= 0.3 is 6.18 Å². The number of rotatable bonds is 7. The zero-order chi connectivity index (χ0) is 14.3. The van der Waals surface area contributed by atoms with Crippen LogP contribution in [0, 0.1) is 5.82 Å². The van der Waals surface area contributed by atoms with Crippen molar-refractivity contribution in [3.63, 3.8) is 0 Å². The molecule has 19 heavy (non-hydrogen) atoms. The van der Waals surface area contributed by atoms with Crippen LogP contribution in [-0.4, -0.2) is 29.2 Å². The molecule has 0 aromatic carbocycles. The van der Waals surface area contributed by atoms with E-state index >= 15 is 0 Å². The van der Waals surface area contributed by atoms with Gasteiger partial charge < -0.3 is 10.6 Å². The normalized spacial score (nSPS) is 11.4. The average molecular weight is 280 g/mol. The van der Waals surface area contributed by atoms with Crippen LogP contribution < -0.4 is 10.6 Å². The maximum absolute atomic E-state index is 13.3. The predicted molar refractivity (Wildman–Crippen MR) is 64.5 cm³/mol. The molecule has 0 fully saturated rings. The quantitative estimate of drug-likeness (QED) is 0.595. The van der Waals surface area contributed by atoms with E-state index in [2.05, 4.69) is 20.6 Å². The van der Waals surface area contributed by atoms with Crippen molar-refractivity contribution in [3.8, 4) is 0 Å². The molecule has 8 heteroatoms. The Morgan fingerprint density at radius 1 is 1.21 bits per heavy atom. The van der Waals surface area contributed by atoms with Gasteiger partial charge in [-0.1, -0.05) is 0 Å². The fraction of sp³-hybridized carbons (Fsp3) is 0.636. The molecule has 0 bridgehead atoms. The second-order valence-corrected chi connectivity index (χ2v) is 3.92. The van der Waals surface area contributed by atoms with Crippen molar-refractivity contribution in [2.45, 2.75) is 32.4 Å². The molecule has 2 N–H and O–H groups in total. The number of unbranched alkanes of at least 4 members (excludes halogenated alkanes) is 1. The van der Waals surface area contributed by atoms with Gasteiger partial charge in [-0.15, -0.1) is 0 Å². The highest BCUT2D eigenvalue weighted by Crippen LogP contribution is 2.22. The Hall–Kier alpha value is -1.60. The van der Waals surface area contributed by atoms with Crippen LogP contribution in [0.25, 0.3) is 0 Å². The fourth-order valence-electron chi connectivity index (χ4n) is 1.39. The molecule has 0 unspecified atom stereocenters. The number of nitrogens with zero attached hydrogens (tertiary/aromatic N) is 2. The summed E-state index contributed by atoms with van der Waals surface area (Å²) in [5, 5.41) is 5.48. The van der Waals surface area contributed by atoms with Crippen LogP contribution in [0.15, 0.2) is 6.20 Å².